The number of hydrogen-bond acceptors (Lipinski definition) is 5. The van der Waals surface area contributed by atoms with E-state index < -0.39 is 6.10 Å². The Balaban J connectivity index is 1.53. The molecule has 1 saturated heterocycles. The minimum Gasteiger partial charge on any atom is -0.480 e. The van der Waals surface area contributed by atoms with Gasteiger partial charge in [0.15, 0.2) is 11.9 Å². The maximum atomic E-state index is 12.9. The van der Waals surface area contributed by atoms with Crippen molar-refractivity contribution < 1.29 is 14.1 Å². The van der Waals surface area contributed by atoms with E-state index in [1.807, 2.05) is 17.0 Å². The second kappa shape index (κ2) is 5.53. The summed E-state index contributed by atoms with van der Waals surface area (Å²) in [6.07, 6.45) is 1.81. The van der Waals surface area contributed by atoms with Crippen molar-refractivity contribution in [2.75, 3.05) is 6.54 Å². The highest BCUT2D eigenvalue weighted by molar-refractivity contribution is 6.30. The van der Waals surface area contributed by atoms with Crippen molar-refractivity contribution in [1.82, 2.24) is 15.0 Å². The molecule has 2 atom stereocenters. The Bertz CT molecular complexity index is 761. The zero-order chi connectivity index (χ0) is 16.0. The van der Waals surface area contributed by atoms with E-state index in [9.17, 15) is 4.79 Å². The summed E-state index contributed by atoms with van der Waals surface area (Å²) < 4.78 is 10.9. The van der Waals surface area contributed by atoms with Crippen molar-refractivity contribution in [1.29, 1.82) is 0 Å². The first-order chi connectivity index (χ1) is 11.1. The SMILES string of the molecule is Cc1nc([C@@H]2CCCN2C(=O)[C@@H]2Cc3cc(Cl)ccc3O2)no1. The van der Waals surface area contributed by atoms with Gasteiger partial charge in [-0.3, -0.25) is 4.79 Å². The van der Waals surface area contributed by atoms with E-state index in [1.165, 1.54) is 0 Å². The molecule has 0 aliphatic carbocycles. The van der Waals surface area contributed by atoms with Crippen LogP contribution >= 0.6 is 11.6 Å². The van der Waals surface area contributed by atoms with Crippen LogP contribution in [0.5, 0.6) is 5.75 Å². The molecular weight excluding hydrogens is 318 g/mol. The Morgan fingerprint density at radius 1 is 1.43 bits per heavy atom. The van der Waals surface area contributed by atoms with Crippen LogP contribution in [0.25, 0.3) is 0 Å². The number of rotatable bonds is 2. The lowest BCUT2D eigenvalue weighted by Gasteiger charge is -2.25. The number of benzene rings is 1. The lowest BCUT2D eigenvalue weighted by Crippen LogP contribution is -2.41. The third kappa shape index (κ3) is 2.57. The third-order valence-electron chi connectivity index (χ3n) is 4.35. The first-order valence-corrected chi connectivity index (χ1v) is 8.05. The Morgan fingerprint density at radius 3 is 3.09 bits per heavy atom. The number of aromatic nitrogens is 2. The quantitative estimate of drug-likeness (QED) is 0.845. The standard InChI is InChI=1S/C16H16ClN3O3/c1-9-18-15(19-23-9)12-3-2-6-20(12)16(21)14-8-10-7-11(17)4-5-13(10)22-14/h4-5,7,12,14H,2-3,6,8H2,1H3/t12-,14-/m0/s1. The third-order valence-corrected chi connectivity index (χ3v) is 4.58. The van der Waals surface area contributed by atoms with Crippen LogP contribution in [0.4, 0.5) is 0 Å². The number of aryl methyl sites for hydroxylation is 1. The van der Waals surface area contributed by atoms with Crippen LogP contribution < -0.4 is 4.74 Å². The van der Waals surface area contributed by atoms with Gasteiger partial charge in [0.2, 0.25) is 5.89 Å². The van der Waals surface area contributed by atoms with E-state index in [2.05, 4.69) is 10.1 Å². The van der Waals surface area contributed by atoms with Gasteiger partial charge in [0.1, 0.15) is 5.75 Å². The molecule has 120 valence electrons. The van der Waals surface area contributed by atoms with Crippen LogP contribution in [0.2, 0.25) is 5.02 Å². The number of amides is 1. The van der Waals surface area contributed by atoms with Gasteiger partial charge in [-0.2, -0.15) is 4.98 Å². The molecule has 1 amide bonds. The first kappa shape index (κ1) is 14.5. The van der Waals surface area contributed by atoms with Crippen LogP contribution in [0.3, 0.4) is 0 Å². The smallest absolute Gasteiger partial charge is 0.264 e. The zero-order valence-electron chi connectivity index (χ0n) is 12.7. The van der Waals surface area contributed by atoms with Gasteiger partial charge in [-0.1, -0.05) is 16.8 Å². The fourth-order valence-corrected chi connectivity index (χ4v) is 3.48. The molecule has 4 rings (SSSR count). The molecular formula is C16H16ClN3O3. The van der Waals surface area contributed by atoms with Gasteiger partial charge in [-0.05, 0) is 36.6 Å². The molecule has 0 N–H and O–H groups in total. The van der Waals surface area contributed by atoms with E-state index in [4.69, 9.17) is 20.9 Å². The number of ether oxygens (including phenoxy) is 1. The second-order valence-corrected chi connectivity index (χ2v) is 6.36. The molecule has 7 heteroatoms. The van der Waals surface area contributed by atoms with E-state index in [0.29, 0.717) is 29.7 Å². The lowest BCUT2D eigenvalue weighted by atomic mass is 10.1. The van der Waals surface area contributed by atoms with Gasteiger partial charge in [-0.25, -0.2) is 0 Å². The van der Waals surface area contributed by atoms with Crippen molar-refractivity contribution >= 4 is 17.5 Å². The average molecular weight is 334 g/mol. The van der Waals surface area contributed by atoms with Crippen molar-refractivity contribution in [3.8, 4) is 5.75 Å². The van der Waals surface area contributed by atoms with Crippen molar-refractivity contribution in [2.45, 2.75) is 38.3 Å². The first-order valence-electron chi connectivity index (χ1n) is 7.67. The number of carbonyl (C=O) groups excluding carboxylic acids is 1. The second-order valence-electron chi connectivity index (χ2n) is 5.92. The highest BCUT2D eigenvalue weighted by atomic mass is 35.5. The summed E-state index contributed by atoms with van der Waals surface area (Å²) in [6, 6.07) is 5.31. The summed E-state index contributed by atoms with van der Waals surface area (Å²) in [7, 11) is 0. The Kier molecular flexibility index (Phi) is 3.49. The zero-order valence-corrected chi connectivity index (χ0v) is 13.4. The van der Waals surface area contributed by atoms with Gasteiger partial charge < -0.3 is 14.2 Å². The number of likely N-dealkylation sites (tertiary alicyclic amines) is 1. The van der Waals surface area contributed by atoms with E-state index in [1.54, 1.807) is 13.0 Å². The molecule has 0 unspecified atom stereocenters. The number of halogens is 1. The summed E-state index contributed by atoms with van der Waals surface area (Å²) >= 11 is 6.01. The van der Waals surface area contributed by atoms with Gasteiger partial charge in [-0.15, -0.1) is 0 Å². The molecule has 1 aromatic carbocycles. The minimum absolute atomic E-state index is 0.0257. The summed E-state index contributed by atoms with van der Waals surface area (Å²) in [5.41, 5.74) is 0.974. The van der Waals surface area contributed by atoms with Gasteiger partial charge in [0.05, 0.1) is 6.04 Å². The van der Waals surface area contributed by atoms with E-state index in [0.717, 1.165) is 24.2 Å². The molecule has 0 radical (unpaired) electrons. The molecule has 6 nitrogen and oxygen atoms in total. The topological polar surface area (TPSA) is 68.5 Å². The van der Waals surface area contributed by atoms with Crippen LogP contribution in [0.1, 0.15) is 36.2 Å². The fourth-order valence-electron chi connectivity index (χ4n) is 3.29. The summed E-state index contributed by atoms with van der Waals surface area (Å²) in [5.74, 6) is 1.80. The molecule has 0 bridgehead atoms. The summed E-state index contributed by atoms with van der Waals surface area (Å²) in [5, 5.41) is 4.62. The van der Waals surface area contributed by atoms with Gasteiger partial charge in [0.25, 0.3) is 5.91 Å². The molecule has 2 aliphatic heterocycles. The van der Waals surface area contributed by atoms with Crippen molar-refractivity contribution in [2.24, 2.45) is 0 Å². The van der Waals surface area contributed by atoms with Crippen molar-refractivity contribution in [3.63, 3.8) is 0 Å². The van der Waals surface area contributed by atoms with Gasteiger partial charge in [0, 0.05) is 24.9 Å². The molecule has 2 aromatic rings. The van der Waals surface area contributed by atoms with E-state index in [-0.39, 0.29) is 11.9 Å². The largest absolute Gasteiger partial charge is 0.480 e. The number of carbonyl (C=O) groups is 1. The predicted molar refractivity (Wildman–Crippen MR) is 82.3 cm³/mol. The Hall–Kier alpha value is -2.08. The minimum atomic E-state index is -0.503. The molecule has 0 spiro atoms. The highest BCUT2D eigenvalue weighted by Gasteiger charge is 2.39. The Morgan fingerprint density at radius 2 is 2.30 bits per heavy atom. The monoisotopic (exact) mass is 333 g/mol. The van der Waals surface area contributed by atoms with E-state index >= 15 is 0 Å². The number of fused-ring (bicyclic) bond motifs is 1. The summed E-state index contributed by atoms with van der Waals surface area (Å²) in [6.45, 7) is 2.44. The van der Waals surface area contributed by atoms with Crippen molar-refractivity contribution in [3.05, 3.63) is 40.5 Å². The Labute approximate surface area is 138 Å². The summed E-state index contributed by atoms with van der Waals surface area (Å²) in [4.78, 5) is 19.0. The maximum Gasteiger partial charge on any atom is 0.264 e. The fraction of sp³-hybridized carbons (Fsp3) is 0.438. The molecule has 3 heterocycles. The molecule has 0 saturated carbocycles. The average Bonchev–Trinajstić information content (AvgIpc) is 3.23. The van der Waals surface area contributed by atoms with Gasteiger partial charge >= 0.3 is 0 Å². The number of nitrogens with zero attached hydrogens (tertiary/aromatic N) is 3. The molecule has 2 aliphatic rings. The lowest BCUT2D eigenvalue weighted by molar-refractivity contribution is -0.139. The van der Waals surface area contributed by atoms with Crippen LogP contribution in [-0.4, -0.2) is 33.6 Å². The predicted octanol–water partition coefficient (Wildman–Crippen LogP) is 2.70. The molecule has 23 heavy (non-hydrogen) atoms. The highest BCUT2D eigenvalue weighted by Crippen LogP contribution is 2.35. The van der Waals surface area contributed by atoms with Crippen LogP contribution in [-0.2, 0) is 11.2 Å². The van der Waals surface area contributed by atoms with Crippen LogP contribution in [0, 0.1) is 6.92 Å². The maximum absolute atomic E-state index is 12.9. The molecule has 1 fully saturated rings. The van der Waals surface area contributed by atoms with Crippen LogP contribution in [0.15, 0.2) is 22.7 Å². The molecule has 1 aromatic heterocycles. The normalized spacial score (nSPS) is 23.0. The number of hydrogen-bond donors (Lipinski definition) is 0.